The van der Waals surface area contributed by atoms with E-state index in [1.54, 1.807) is 6.26 Å². The number of halogens is 1. The van der Waals surface area contributed by atoms with Crippen molar-refractivity contribution in [2.45, 2.75) is 6.54 Å². The normalized spacial score (nSPS) is 14.4. The predicted molar refractivity (Wildman–Crippen MR) is 95.9 cm³/mol. The molecule has 3 aromatic rings. The van der Waals surface area contributed by atoms with E-state index in [1.807, 2.05) is 36.4 Å². The van der Waals surface area contributed by atoms with Crippen LogP contribution >= 0.6 is 12.4 Å². The number of anilines is 2. The molecule has 0 amide bonds. The van der Waals surface area contributed by atoms with E-state index in [0.29, 0.717) is 19.8 Å². The highest BCUT2D eigenvalue weighted by molar-refractivity contribution is 5.90. The standard InChI is InChI=1S/C17H18N4O2.ClH/c1-2-6-15-14(5-1)16(18-12-13-4-3-9-23-13)20-17(19-15)21-7-10-22-11-8-21;/h1-6,9H,7-8,10-12H2,(H,18,19,20);1H. The van der Waals surface area contributed by atoms with E-state index in [2.05, 4.69) is 10.2 Å². The highest BCUT2D eigenvalue weighted by Crippen LogP contribution is 2.24. The molecule has 1 aliphatic heterocycles. The number of ether oxygens (including phenoxy) is 1. The molecule has 0 atom stereocenters. The first kappa shape index (κ1) is 16.5. The molecule has 4 rings (SSSR count). The van der Waals surface area contributed by atoms with Gasteiger partial charge in [-0.15, -0.1) is 12.4 Å². The van der Waals surface area contributed by atoms with E-state index in [9.17, 15) is 0 Å². The van der Waals surface area contributed by atoms with Gasteiger partial charge in [0.1, 0.15) is 11.6 Å². The number of hydrogen-bond acceptors (Lipinski definition) is 6. The van der Waals surface area contributed by atoms with E-state index in [1.165, 1.54) is 0 Å². The van der Waals surface area contributed by atoms with Crippen molar-refractivity contribution in [3.8, 4) is 0 Å². The molecule has 1 aromatic carbocycles. The van der Waals surface area contributed by atoms with Gasteiger partial charge in [-0.2, -0.15) is 4.98 Å². The molecule has 126 valence electrons. The molecular formula is C17H19ClN4O2. The van der Waals surface area contributed by atoms with E-state index < -0.39 is 0 Å². The van der Waals surface area contributed by atoms with Crippen LogP contribution in [0.2, 0.25) is 0 Å². The zero-order valence-corrected chi connectivity index (χ0v) is 14.0. The van der Waals surface area contributed by atoms with Crippen LogP contribution in [0.4, 0.5) is 11.8 Å². The summed E-state index contributed by atoms with van der Waals surface area (Å²) in [6, 6.07) is 11.9. The Morgan fingerprint density at radius 2 is 1.88 bits per heavy atom. The van der Waals surface area contributed by atoms with E-state index >= 15 is 0 Å². The van der Waals surface area contributed by atoms with Gasteiger partial charge >= 0.3 is 0 Å². The molecule has 0 saturated carbocycles. The fourth-order valence-electron chi connectivity index (χ4n) is 2.69. The molecule has 1 aliphatic rings. The van der Waals surface area contributed by atoms with Crippen molar-refractivity contribution < 1.29 is 9.15 Å². The van der Waals surface area contributed by atoms with Crippen LogP contribution in [0.5, 0.6) is 0 Å². The van der Waals surface area contributed by atoms with Gasteiger partial charge in [0, 0.05) is 18.5 Å². The Hall–Kier alpha value is -2.31. The summed E-state index contributed by atoms with van der Waals surface area (Å²) < 4.78 is 10.8. The van der Waals surface area contributed by atoms with Gasteiger partial charge in [-0.1, -0.05) is 12.1 Å². The third-order valence-electron chi connectivity index (χ3n) is 3.90. The zero-order valence-electron chi connectivity index (χ0n) is 13.1. The molecule has 24 heavy (non-hydrogen) atoms. The maximum atomic E-state index is 5.41. The van der Waals surface area contributed by atoms with Gasteiger partial charge in [0.15, 0.2) is 0 Å². The molecule has 7 heteroatoms. The summed E-state index contributed by atoms with van der Waals surface area (Å²) in [6.07, 6.45) is 1.67. The Labute approximate surface area is 146 Å². The van der Waals surface area contributed by atoms with Crippen LogP contribution < -0.4 is 10.2 Å². The molecule has 1 fully saturated rings. The minimum absolute atomic E-state index is 0. The minimum atomic E-state index is 0. The molecule has 1 N–H and O–H groups in total. The number of nitrogens with zero attached hydrogens (tertiary/aromatic N) is 3. The Morgan fingerprint density at radius 1 is 1.04 bits per heavy atom. The lowest BCUT2D eigenvalue weighted by atomic mass is 10.2. The molecular weight excluding hydrogens is 328 g/mol. The zero-order chi connectivity index (χ0) is 15.5. The van der Waals surface area contributed by atoms with Gasteiger partial charge in [0.25, 0.3) is 0 Å². The molecule has 0 spiro atoms. The summed E-state index contributed by atoms with van der Waals surface area (Å²) in [5, 5.41) is 4.38. The Morgan fingerprint density at radius 3 is 2.67 bits per heavy atom. The van der Waals surface area contributed by atoms with Gasteiger partial charge in [-0.05, 0) is 24.3 Å². The lowest BCUT2D eigenvalue weighted by molar-refractivity contribution is 0.122. The average Bonchev–Trinajstić information content (AvgIpc) is 3.14. The highest BCUT2D eigenvalue weighted by atomic mass is 35.5. The van der Waals surface area contributed by atoms with Crippen LogP contribution in [0.3, 0.4) is 0 Å². The first-order valence-electron chi connectivity index (χ1n) is 7.76. The molecule has 6 nitrogen and oxygen atoms in total. The summed E-state index contributed by atoms with van der Waals surface area (Å²) in [5.74, 6) is 2.45. The van der Waals surface area contributed by atoms with Gasteiger partial charge < -0.3 is 19.4 Å². The second kappa shape index (κ2) is 7.51. The van der Waals surface area contributed by atoms with E-state index in [-0.39, 0.29) is 12.4 Å². The summed E-state index contributed by atoms with van der Waals surface area (Å²) in [6.45, 7) is 3.65. The molecule has 2 aromatic heterocycles. The molecule has 0 aliphatic carbocycles. The van der Waals surface area contributed by atoms with Crippen LogP contribution in [0.1, 0.15) is 5.76 Å². The molecule has 0 bridgehead atoms. The van der Waals surface area contributed by atoms with Crippen molar-refractivity contribution in [3.63, 3.8) is 0 Å². The van der Waals surface area contributed by atoms with Crippen LogP contribution in [0, 0.1) is 0 Å². The topological polar surface area (TPSA) is 63.4 Å². The van der Waals surface area contributed by atoms with Gasteiger partial charge in [0.05, 0.1) is 31.5 Å². The van der Waals surface area contributed by atoms with Crippen LogP contribution in [0.25, 0.3) is 10.9 Å². The molecule has 1 saturated heterocycles. The summed E-state index contributed by atoms with van der Waals surface area (Å²) in [7, 11) is 0. The van der Waals surface area contributed by atoms with Crippen molar-refractivity contribution >= 4 is 35.1 Å². The average molecular weight is 347 g/mol. The Bertz CT molecular complexity index is 788. The largest absolute Gasteiger partial charge is 0.467 e. The number of rotatable bonds is 4. The van der Waals surface area contributed by atoms with Gasteiger partial charge in [-0.3, -0.25) is 0 Å². The Balaban J connectivity index is 0.00000169. The first-order chi connectivity index (χ1) is 11.4. The lowest BCUT2D eigenvalue weighted by Crippen LogP contribution is -2.37. The van der Waals surface area contributed by atoms with Crippen LogP contribution in [0.15, 0.2) is 47.1 Å². The lowest BCUT2D eigenvalue weighted by Gasteiger charge is -2.27. The fraction of sp³-hybridized carbons (Fsp3) is 0.294. The number of morpholine rings is 1. The first-order valence-corrected chi connectivity index (χ1v) is 7.76. The maximum absolute atomic E-state index is 5.41. The molecule has 0 radical (unpaired) electrons. The number of benzene rings is 1. The highest BCUT2D eigenvalue weighted by Gasteiger charge is 2.16. The quantitative estimate of drug-likeness (QED) is 0.783. The second-order valence-electron chi connectivity index (χ2n) is 5.42. The van der Waals surface area contributed by atoms with Crippen LogP contribution in [-0.4, -0.2) is 36.3 Å². The number of fused-ring (bicyclic) bond motifs is 1. The van der Waals surface area contributed by atoms with Gasteiger partial charge in [-0.25, -0.2) is 4.98 Å². The van der Waals surface area contributed by atoms with Crippen molar-refractivity contribution in [1.29, 1.82) is 0 Å². The van der Waals surface area contributed by atoms with Crippen molar-refractivity contribution in [2.75, 3.05) is 36.5 Å². The maximum Gasteiger partial charge on any atom is 0.228 e. The van der Waals surface area contributed by atoms with E-state index in [4.69, 9.17) is 19.1 Å². The van der Waals surface area contributed by atoms with Gasteiger partial charge in [0.2, 0.25) is 5.95 Å². The third-order valence-corrected chi connectivity index (χ3v) is 3.90. The summed E-state index contributed by atoms with van der Waals surface area (Å²) >= 11 is 0. The third kappa shape index (κ3) is 3.44. The van der Waals surface area contributed by atoms with Crippen molar-refractivity contribution in [3.05, 3.63) is 48.4 Å². The Kier molecular flexibility index (Phi) is 5.17. The SMILES string of the molecule is Cl.c1coc(CNc2nc(N3CCOCC3)nc3ccccc23)c1. The monoisotopic (exact) mass is 346 g/mol. The second-order valence-corrected chi connectivity index (χ2v) is 5.42. The number of hydrogen-bond donors (Lipinski definition) is 1. The number of para-hydroxylation sites is 1. The van der Waals surface area contributed by atoms with Crippen LogP contribution in [-0.2, 0) is 11.3 Å². The molecule has 3 heterocycles. The fourth-order valence-corrected chi connectivity index (χ4v) is 2.69. The van der Waals surface area contributed by atoms with Crippen molar-refractivity contribution in [1.82, 2.24) is 9.97 Å². The number of nitrogens with one attached hydrogen (secondary N) is 1. The molecule has 0 unspecified atom stereocenters. The number of furan rings is 1. The predicted octanol–water partition coefficient (Wildman–Crippen LogP) is 3.09. The minimum Gasteiger partial charge on any atom is -0.467 e. The smallest absolute Gasteiger partial charge is 0.228 e. The number of aromatic nitrogens is 2. The van der Waals surface area contributed by atoms with E-state index in [0.717, 1.165) is 41.5 Å². The summed E-state index contributed by atoms with van der Waals surface area (Å²) in [5.41, 5.74) is 0.936. The summed E-state index contributed by atoms with van der Waals surface area (Å²) in [4.78, 5) is 11.6. The van der Waals surface area contributed by atoms with Crippen molar-refractivity contribution in [2.24, 2.45) is 0 Å².